The quantitative estimate of drug-likeness (QED) is 0.687. The summed E-state index contributed by atoms with van der Waals surface area (Å²) in [7, 11) is 0. The van der Waals surface area contributed by atoms with Gasteiger partial charge in [0.25, 0.3) is 0 Å². The summed E-state index contributed by atoms with van der Waals surface area (Å²) in [5, 5.41) is 5.61. The van der Waals surface area contributed by atoms with Gasteiger partial charge in [0.1, 0.15) is 11.7 Å². The van der Waals surface area contributed by atoms with Crippen LogP contribution in [-0.2, 0) is 0 Å². The average molecular weight is 262 g/mol. The maximum Gasteiger partial charge on any atom is 0.138 e. The Bertz CT molecular complexity index is 830. The molecule has 96 valence electrons. The Balaban J connectivity index is 1.92. The summed E-state index contributed by atoms with van der Waals surface area (Å²) in [6.45, 7) is 0. The lowest BCUT2D eigenvalue weighted by molar-refractivity contribution is 0.628. The van der Waals surface area contributed by atoms with Crippen LogP contribution in [-0.4, -0.2) is 5.84 Å². The first-order valence-corrected chi connectivity index (χ1v) is 6.45. The van der Waals surface area contributed by atoms with Gasteiger partial charge in [0.2, 0.25) is 0 Å². The maximum absolute atomic E-state index is 13.0. The molecular weight excluding hydrogens is 251 g/mol. The first kappa shape index (κ1) is 11.2. The smallest absolute Gasteiger partial charge is 0.138 e. The van der Waals surface area contributed by atoms with E-state index in [1.54, 1.807) is 12.1 Å². The normalized spacial score (nSPS) is 12.9. The molecule has 1 aliphatic rings. The van der Waals surface area contributed by atoms with E-state index in [1.165, 1.54) is 12.1 Å². The molecule has 4 rings (SSSR count). The minimum atomic E-state index is -0.243. The molecule has 0 atom stereocenters. The van der Waals surface area contributed by atoms with E-state index in [1.807, 2.05) is 24.3 Å². The highest BCUT2D eigenvalue weighted by Crippen LogP contribution is 2.36. The van der Waals surface area contributed by atoms with Crippen LogP contribution in [0.25, 0.3) is 10.8 Å². The number of nitrogens with one attached hydrogen (secondary N) is 1. The number of benzene rings is 3. The van der Waals surface area contributed by atoms with Crippen LogP contribution in [0.5, 0.6) is 0 Å². The SMILES string of the molecule is Fc1ccc(C2=Nc3cccc4cccc(c34)N2)cc1. The second kappa shape index (κ2) is 4.17. The molecule has 3 aromatic rings. The summed E-state index contributed by atoms with van der Waals surface area (Å²) < 4.78 is 13.0. The lowest BCUT2D eigenvalue weighted by Crippen LogP contribution is -2.16. The summed E-state index contributed by atoms with van der Waals surface area (Å²) in [5.74, 6) is 0.504. The topological polar surface area (TPSA) is 24.4 Å². The number of hydrogen-bond donors (Lipinski definition) is 1. The minimum Gasteiger partial charge on any atom is -0.339 e. The Morgan fingerprint density at radius 1 is 0.850 bits per heavy atom. The summed E-state index contributed by atoms with van der Waals surface area (Å²) in [6.07, 6.45) is 0. The molecule has 0 aromatic heterocycles. The minimum absolute atomic E-state index is 0.243. The fourth-order valence-corrected chi connectivity index (χ4v) is 2.54. The largest absolute Gasteiger partial charge is 0.339 e. The first-order valence-electron chi connectivity index (χ1n) is 6.45. The second-order valence-electron chi connectivity index (χ2n) is 4.77. The fraction of sp³-hybridized carbons (Fsp3) is 0. The Morgan fingerprint density at radius 2 is 1.60 bits per heavy atom. The first-order chi connectivity index (χ1) is 9.81. The van der Waals surface area contributed by atoms with Gasteiger partial charge in [-0.2, -0.15) is 0 Å². The predicted octanol–water partition coefficient (Wildman–Crippen LogP) is 4.48. The molecule has 0 aliphatic carbocycles. The molecule has 3 heteroatoms. The van der Waals surface area contributed by atoms with Crippen molar-refractivity contribution in [2.45, 2.75) is 0 Å². The van der Waals surface area contributed by atoms with E-state index in [-0.39, 0.29) is 5.82 Å². The monoisotopic (exact) mass is 262 g/mol. The maximum atomic E-state index is 13.0. The number of hydrogen-bond acceptors (Lipinski definition) is 2. The highest BCUT2D eigenvalue weighted by molar-refractivity contribution is 6.18. The van der Waals surface area contributed by atoms with Gasteiger partial charge in [0.15, 0.2) is 0 Å². The van der Waals surface area contributed by atoms with Gasteiger partial charge >= 0.3 is 0 Å². The third kappa shape index (κ3) is 1.67. The van der Waals surface area contributed by atoms with Gasteiger partial charge in [0.05, 0.1) is 5.69 Å². The van der Waals surface area contributed by atoms with Crippen LogP contribution in [0.2, 0.25) is 0 Å². The van der Waals surface area contributed by atoms with Crippen molar-refractivity contribution in [2.24, 2.45) is 4.99 Å². The molecule has 0 saturated carbocycles. The molecule has 0 spiro atoms. The van der Waals surface area contributed by atoms with Gasteiger partial charge in [-0.3, -0.25) is 0 Å². The number of nitrogens with zero attached hydrogens (tertiary/aromatic N) is 1. The van der Waals surface area contributed by atoms with Crippen molar-refractivity contribution in [3.8, 4) is 0 Å². The zero-order valence-corrected chi connectivity index (χ0v) is 10.6. The number of aliphatic imine (C=N–C) groups is 1. The highest BCUT2D eigenvalue weighted by Gasteiger charge is 2.15. The predicted molar refractivity (Wildman–Crippen MR) is 80.2 cm³/mol. The van der Waals surface area contributed by atoms with Crippen LogP contribution < -0.4 is 5.32 Å². The van der Waals surface area contributed by atoms with Crippen molar-refractivity contribution in [3.05, 3.63) is 72.0 Å². The number of amidine groups is 1. The van der Waals surface area contributed by atoms with E-state index in [4.69, 9.17) is 0 Å². The molecule has 1 heterocycles. The van der Waals surface area contributed by atoms with Crippen LogP contribution in [0, 0.1) is 5.82 Å². The van der Waals surface area contributed by atoms with E-state index < -0.39 is 0 Å². The second-order valence-corrected chi connectivity index (χ2v) is 4.77. The zero-order valence-electron chi connectivity index (χ0n) is 10.6. The van der Waals surface area contributed by atoms with Crippen molar-refractivity contribution < 1.29 is 4.39 Å². The lowest BCUT2D eigenvalue weighted by atomic mass is 10.0. The Hall–Kier alpha value is -2.68. The zero-order chi connectivity index (χ0) is 13.5. The fourth-order valence-electron chi connectivity index (χ4n) is 2.54. The van der Waals surface area contributed by atoms with Crippen molar-refractivity contribution in [1.82, 2.24) is 0 Å². The van der Waals surface area contributed by atoms with Crippen LogP contribution in [0.4, 0.5) is 15.8 Å². The van der Waals surface area contributed by atoms with Crippen molar-refractivity contribution in [1.29, 1.82) is 0 Å². The summed E-state index contributed by atoms with van der Waals surface area (Å²) >= 11 is 0. The molecule has 2 nitrogen and oxygen atoms in total. The van der Waals surface area contributed by atoms with E-state index in [9.17, 15) is 4.39 Å². The van der Waals surface area contributed by atoms with Crippen molar-refractivity contribution >= 4 is 28.0 Å². The standard InChI is InChI=1S/C17H11FN2/c18-13-9-7-12(8-10-13)17-19-14-5-1-3-11-4-2-6-15(20-17)16(11)14/h1-10H,(H,19,20). The van der Waals surface area contributed by atoms with E-state index in [0.717, 1.165) is 33.5 Å². The molecule has 0 saturated heterocycles. The van der Waals surface area contributed by atoms with Crippen LogP contribution in [0.1, 0.15) is 5.56 Å². The number of halogens is 1. The Kier molecular flexibility index (Phi) is 2.33. The summed E-state index contributed by atoms with van der Waals surface area (Å²) in [4.78, 5) is 4.65. The molecule has 0 fully saturated rings. The average Bonchev–Trinajstić information content (AvgIpc) is 2.48. The Morgan fingerprint density at radius 3 is 2.40 bits per heavy atom. The van der Waals surface area contributed by atoms with E-state index in [2.05, 4.69) is 22.4 Å². The molecule has 0 amide bonds. The summed E-state index contributed by atoms with van der Waals surface area (Å²) in [5.41, 5.74) is 2.85. The van der Waals surface area contributed by atoms with E-state index >= 15 is 0 Å². The van der Waals surface area contributed by atoms with Gasteiger partial charge in [-0.15, -0.1) is 0 Å². The molecule has 0 radical (unpaired) electrons. The van der Waals surface area contributed by atoms with Crippen LogP contribution in [0.3, 0.4) is 0 Å². The van der Waals surface area contributed by atoms with E-state index in [0.29, 0.717) is 0 Å². The number of anilines is 1. The summed E-state index contributed by atoms with van der Waals surface area (Å²) in [6, 6.07) is 18.5. The third-order valence-corrected chi connectivity index (χ3v) is 3.49. The molecule has 3 aromatic carbocycles. The molecule has 20 heavy (non-hydrogen) atoms. The van der Waals surface area contributed by atoms with Crippen molar-refractivity contribution in [3.63, 3.8) is 0 Å². The van der Waals surface area contributed by atoms with Gasteiger partial charge < -0.3 is 5.32 Å². The molecule has 1 N–H and O–H groups in total. The molecular formula is C17H11FN2. The molecule has 1 aliphatic heterocycles. The van der Waals surface area contributed by atoms with Gasteiger partial charge in [-0.05, 0) is 41.8 Å². The van der Waals surface area contributed by atoms with Crippen LogP contribution in [0.15, 0.2) is 65.7 Å². The van der Waals surface area contributed by atoms with Gasteiger partial charge in [0, 0.05) is 16.6 Å². The van der Waals surface area contributed by atoms with Crippen molar-refractivity contribution in [2.75, 3.05) is 5.32 Å². The van der Waals surface area contributed by atoms with Gasteiger partial charge in [-0.1, -0.05) is 24.3 Å². The highest BCUT2D eigenvalue weighted by atomic mass is 19.1. The molecule has 0 bridgehead atoms. The lowest BCUT2D eigenvalue weighted by Gasteiger charge is -2.19. The Labute approximate surface area is 115 Å². The third-order valence-electron chi connectivity index (χ3n) is 3.49. The van der Waals surface area contributed by atoms with Gasteiger partial charge in [-0.25, -0.2) is 9.38 Å². The molecule has 0 unspecified atom stereocenters. The van der Waals surface area contributed by atoms with Crippen LogP contribution >= 0.6 is 0 Å². The number of rotatable bonds is 1.